The molecule has 1 atom stereocenters. The van der Waals surface area contributed by atoms with Crippen molar-refractivity contribution in [1.29, 1.82) is 0 Å². The summed E-state index contributed by atoms with van der Waals surface area (Å²) in [5.74, 6) is 5.79. The predicted molar refractivity (Wildman–Crippen MR) is 78.8 cm³/mol. The van der Waals surface area contributed by atoms with Crippen molar-refractivity contribution in [2.24, 2.45) is 5.84 Å². The molecule has 0 bridgehead atoms. The summed E-state index contributed by atoms with van der Waals surface area (Å²) in [6.07, 6.45) is 3.60. The number of nitrogens with two attached hydrogens (primary N) is 1. The maximum Gasteiger partial charge on any atom is 0.0899 e. The van der Waals surface area contributed by atoms with Crippen LogP contribution in [-0.4, -0.2) is 14.8 Å². The molecule has 2 heterocycles. The second kappa shape index (κ2) is 5.40. The minimum absolute atomic E-state index is 0.129. The Morgan fingerprint density at radius 3 is 2.85 bits per heavy atom. The highest BCUT2D eigenvalue weighted by molar-refractivity contribution is 5.82. The van der Waals surface area contributed by atoms with Crippen LogP contribution in [0.5, 0.6) is 0 Å². The molecule has 0 spiro atoms. The standard InChI is InChI=1S/C15H17N5/c1-2-20-13(8-10-18-20)15(19-16)12-7-3-5-11-6-4-9-17-14(11)12/h3-10,15,19H,2,16H2,1H3. The van der Waals surface area contributed by atoms with Crippen LogP contribution >= 0.6 is 0 Å². The van der Waals surface area contributed by atoms with Gasteiger partial charge in [-0.2, -0.15) is 5.10 Å². The number of aryl methyl sites for hydroxylation is 1. The van der Waals surface area contributed by atoms with Crippen molar-refractivity contribution >= 4 is 10.9 Å². The SMILES string of the molecule is CCn1nccc1C(NN)c1cccc2cccnc12. The summed E-state index contributed by atoms with van der Waals surface area (Å²) in [4.78, 5) is 4.49. The molecule has 1 unspecified atom stereocenters. The number of para-hydroxylation sites is 1. The first-order valence-electron chi connectivity index (χ1n) is 6.66. The summed E-state index contributed by atoms with van der Waals surface area (Å²) < 4.78 is 1.94. The maximum absolute atomic E-state index is 5.79. The van der Waals surface area contributed by atoms with Gasteiger partial charge in [-0.3, -0.25) is 15.5 Å². The molecule has 2 aromatic heterocycles. The van der Waals surface area contributed by atoms with E-state index in [0.717, 1.165) is 28.7 Å². The number of hydrogen-bond acceptors (Lipinski definition) is 4. The first kappa shape index (κ1) is 12.8. The molecular formula is C15H17N5. The Morgan fingerprint density at radius 1 is 1.20 bits per heavy atom. The normalized spacial score (nSPS) is 12.7. The molecule has 0 fully saturated rings. The second-order valence-corrected chi connectivity index (χ2v) is 4.59. The number of fused-ring (bicyclic) bond motifs is 1. The molecule has 0 radical (unpaired) electrons. The average Bonchev–Trinajstić information content (AvgIpc) is 2.97. The lowest BCUT2D eigenvalue weighted by Crippen LogP contribution is -2.31. The number of benzene rings is 1. The third-order valence-electron chi connectivity index (χ3n) is 3.49. The Hall–Kier alpha value is -2.24. The van der Waals surface area contributed by atoms with E-state index in [-0.39, 0.29) is 6.04 Å². The van der Waals surface area contributed by atoms with Gasteiger partial charge in [-0.25, -0.2) is 5.43 Å². The quantitative estimate of drug-likeness (QED) is 0.560. The van der Waals surface area contributed by atoms with Crippen LogP contribution in [0.1, 0.15) is 24.2 Å². The highest BCUT2D eigenvalue weighted by atomic mass is 15.3. The zero-order valence-electron chi connectivity index (χ0n) is 11.3. The lowest BCUT2D eigenvalue weighted by molar-refractivity contribution is 0.545. The van der Waals surface area contributed by atoms with Gasteiger partial charge in [0.25, 0.3) is 0 Å². The van der Waals surface area contributed by atoms with Crippen LogP contribution < -0.4 is 11.3 Å². The van der Waals surface area contributed by atoms with Crippen molar-refractivity contribution in [1.82, 2.24) is 20.2 Å². The summed E-state index contributed by atoms with van der Waals surface area (Å²) in [7, 11) is 0. The molecule has 0 aliphatic carbocycles. The molecule has 20 heavy (non-hydrogen) atoms. The minimum atomic E-state index is -0.129. The van der Waals surface area contributed by atoms with E-state index >= 15 is 0 Å². The Balaban J connectivity index is 2.17. The first-order chi connectivity index (χ1) is 9.85. The zero-order valence-corrected chi connectivity index (χ0v) is 11.3. The van der Waals surface area contributed by atoms with Crippen LogP contribution in [-0.2, 0) is 6.54 Å². The predicted octanol–water partition coefficient (Wildman–Crippen LogP) is 2.00. The van der Waals surface area contributed by atoms with Crippen molar-refractivity contribution < 1.29 is 0 Å². The van der Waals surface area contributed by atoms with Gasteiger partial charge in [-0.05, 0) is 19.1 Å². The molecule has 3 rings (SSSR count). The van der Waals surface area contributed by atoms with E-state index < -0.39 is 0 Å². The molecule has 3 N–H and O–H groups in total. The Morgan fingerprint density at radius 2 is 2.05 bits per heavy atom. The van der Waals surface area contributed by atoms with E-state index in [2.05, 4.69) is 34.6 Å². The Bertz CT molecular complexity index is 714. The largest absolute Gasteiger partial charge is 0.271 e. The molecule has 0 amide bonds. The third kappa shape index (κ3) is 2.07. The van der Waals surface area contributed by atoms with Crippen molar-refractivity contribution in [3.63, 3.8) is 0 Å². The van der Waals surface area contributed by atoms with Crippen LogP contribution in [0.15, 0.2) is 48.8 Å². The third-order valence-corrected chi connectivity index (χ3v) is 3.49. The molecule has 3 aromatic rings. The van der Waals surface area contributed by atoms with Crippen molar-refractivity contribution in [2.75, 3.05) is 0 Å². The highest BCUT2D eigenvalue weighted by Gasteiger charge is 2.19. The van der Waals surface area contributed by atoms with Gasteiger partial charge in [-0.1, -0.05) is 24.3 Å². The fourth-order valence-electron chi connectivity index (χ4n) is 2.55. The average molecular weight is 267 g/mol. The van der Waals surface area contributed by atoms with Crippen LogP contribution in [0.4, 0.5) is 0 Å². The molecule has 0 saturated heterocycles. The van der Waals surface area contributed by atoms with Gasteiger partial charge in [0.1, 0.15) is 0 Å². The van der Waals surface area contributed by atoms with Crippen molar-refractivity contribution in [3.8, 4) is 0 Å². The Kier molecular flexibility index (Phi) is 3.45. The molecule has 0 aliphatic heterocycles. The number of hydrogen-bond donors (Lipinski definition) is 2. The van der Waals surface area contributed by atoms with Gasteiger partial charge in [0, 0.05) is 29.9 Å². The van der Waals surface area contributed by atoms with Gasteiger partial charge < -0.3 is 0 Å². The summed E-state index contributed by atoms with van der Waals surface area (Å²) in [6, 6.07) is 12.0. The number of nitrogens with one attached hydrogen (secondary N) is 1. The smallest absolute Gasteiger partial charge is 0.0899 e. The number of rotatable bonds is 4. The monoisotopic (exact) mass is 267 g/mol. The first-order valence-corrected chi connectivity index (χ1v) is 6.66. The molecule has 5 heteroatoms. The van der Waals surface area contributed by atoms with Gasteiger partial charge in [0.2, 0.25) is 0 Å². The summed E-state index contributed by atoms with van der Waals surface area (Å²) in [5, 5.41) is 5.41. The second-order valence-electron chi connectivity index (χ2n) is 4.59. The summed E-state index contributed by atoms with van der Waals surface area (Å²) >= 11 is 0. The van der Waals surface area contributed by atoms with Crippen LogP contribution in [0.25, 0.3) is 10.9 Å². The Labute approximate surface area is 117 Å². The lowest BCUT2D eigenvalue weighted by atomic mass is 10.0. The van der Waals surface area contributed by atoms with Gasteiger partial charge in [0.15, 0.2) is 0 Å². The number of pyridine rings is 1. The van der Waals surface area contributed by atoms with Crippen LogP contribution in [0.3, 0.4) is 0 Å². The van der Waals surface area contributed by atoms with Gasteiger partial charge in [0.05, 0.1) is 17.3 Å². The van der Waals surface area contributed by atoms with E-state index in [1.165, 1.54) is 0 Å². The molecule has 102 valence electrons. The summed E-state index contributed by atoms with van der Waals surface area (Å²) in [6.45, 7) is 2.87. The van der Waals surface area contributed by atoms with E-state index in [4.69, 9.17) is 5.84 Å². The molecule has 1 aromatic carbocycles. The fraction of sp³-hybridized carbons (Fsp3) is 0.200. The molecule has 5 nitrogen and oxygen atoms in total. The van der Waals surface area contributed by atoms with Crippen molar-refractivity contribution in [3.05, 3.63) is 60.0 Å². The molecule has 0 saturated carbocycles. The van der Waals surface area contributed by atoms with Gasteiger partial charge in [-0.15, -0.1) is 0 Å². The van der Waals surface area contributed by atoms with Gasteiger partial charge >= 0.3 is 0 Å². The number of hydrazine groups is 1. The number of nitrogens with zero attached hydrogens (tertiary/aromatic N) is 3. The van der Waals surface area contributed by atoms with Crippen molar-refractivity contribution in [2.45, 2.75) is 19.5 Å². The topological polar surface area (TPSA) is 68.8 Å². The van der Waals surface area contributed by atoms with E-state index in [1.807, 2.05) is 28.9 Å². The summed E-state index contributed by atoms with van der Waals surface area (Å²) in [5.41, 5.74) is 5.94. The van der Waals surface area contributed by atoms with E-state index in [1.54, 1.807) is 12.4 Å². The lowest BCUT2D eigenvalue weighted by Gasteiger charge is -2.19. The zero-order chi connectivity index (χ0) is 13.9. The number of aromatic nitrogens is 3. The highest BCUT2D eigenvalue weighted by Crippen LogP contribution is 2.26. The maximum atomic E-state index is 5.79. The van der Waals surface area contributed by atoms with Crippen LogP contribution in [0, 0.1) is 0 Å². The van der Waals surface area contributed by atoms with E-state index in [9.17, 15) is 0 Å². The minimum Gasteiger partial charge on any atom is -0.271 e. The molecule has 0 aliphatic rings. The molecular weight excluding hydrogens is 250 g/mol. The van der Waals surface area contributed by atoms with Crippen LogP contribution in [0.2, 0.25) is 0 Å². The fourth-order valence-corrected chi connectivity index (χ4v) is 2.55. The van der Waals surface area contributed by atoms with E-state index in [0.29, 0.717) is 0 Å².